The van der Waals surface area contributed by atoms with Crippen molar-refractivity contribution in [2.45, 2.75) is 32.2 Å². The molecule has 0 aliphatic heterocycles. The highest BCUT2D eigenvalue weighted by molar-refractivity contribution is 7.92. The molecule has 0 aromatic heterocycles. The summed E-state index contributed by atoms with van der Waals surface area (Å²) in [5.41, 5.74) is 3.14. The van der Waals surface area contributed by atoms with Crippen LogP contribution in [0.25, 0.3) is 0 Å². The molecule has 0 bridgehead atoms. The number of carbonyl (C=O) groups is 1. The van der Waals surface area contributed by atoms with Gasteiger partial charge in [0.05, 0.1) is 11.5 Å². The molecule has 0 radical (unpaired) electrons. The minimum Gasteiger partial charge on any atom is -0.494 e. The molecule has 3 aromatic carbocycles. The Morgan fingerprint density at radius 1 is 0.968 bits per heavy atom. The van der Waals surface area contributed by atoms with Crippen molar-refractivity contribution in [3.8, 4) is 5.75 Å². The Balaban J connectivity index is 1.76. The van der Waals surface area contributed by atoms with Crippen molar-refractivity contribution in [2.24, 2.45) is 0 Å². The van der Waals surface area contributed by atoms with Crippen molar-refractivity contribution >= 4 is 21.6 Å². The lowest BCUT2D eigenvalue weighted by molar-refractivity contribution is 0.0950. The zero-order chi connectivity index (χ0) is 22.4. The normalized spacial score (nSPS) is 11.1. The Bertz CT molecular complexity index is 1190. The van der Waals surface area contributed by atoms with Crippen LogP contribution in [0.1, 0.15) is 34.0 Å². The second-order valence-electron chi connectivity index (χ2n) is 7.22. The van der Waals surface area contributed by atoms with Gasteiger partial charge in [-0.25, -0.2) is 8.42 Å². The summed E-state index contributed by atoms with van der Waals surface area (Å²) in [6.07, 6.45) is 0. The fourth-order valence-corrected chi connectivity index (χ4v) is 4.47. The Hall–Kier alpha value is -3.32. The van der Waals surface area contributed by atoms with Gasteiger partial charge in [-0.2, -0.15) is 0 Å². The topological polar surface area (TPSA) is 84.5 Å². The standard InChI is InChI=1S/C24H26N2O4S/c1-4-30-22-10-6-8-19(14-22)16-25-24(27)20-12-11-18(3)23(15-20)31(28,29)26-21-9-5-7-17(2)13-21/h5-15,26H,4,16H2,1-3H3,(H,25,27). The molecule has 162 valence electrons. The van der Waals surface area contributed by atoms with E-state index in [1.54, 1.807) is 37.3 Å². The van der Waals surface area contributed by atoms with Gasteiger partial charge in [0.15, 0.2) is 0 Å². The molecule has 0 saturated heterocycles. The Kier molecular flexibility index (Phi) is 6.97. The number of amides is 1. The maximum absolute atomic E-state index is 12.9. The molecule has 0 aliphatic rings. The van der Waals surface area contributed by atoms with Crippen LogP contribution in [-0.4, -0.2) is 20.9 Å². The number of benzene rings is 3. The fourth-order valence-electron chi connectivity index (χ4n) is 3.15. The van der Waals surface area contributed by atoms with Crippen molar-refractivity contribution in [1.82, 2.24) is 5.32 Å². The number of anilines is 1. The van der Waals surface area contributed by atoms with E-state index in [1.807, 2.05) is 44.2 Å². The van der Waals surface area contributed by atoms with Crippen LogP contribution in [0.4, 0.5) is 5.69 Å². The molecule has 0 spiro atoms. The summed E-state index contributed by atoms with van der Waals surface area (Å²) in [4.78, 5) is 12.7. The lowest BCUT2D eigenvalue weighted by Crippen LogP contribution is -2.23. The van der Waals surface area contributed by atoms with E-state index in [9.17, 15) is 13.2 Å². The summed E-state index contributed by atoms with van der Waals surface area (Å²) >= 11 is 0. The molecule has 0 atom stereocenters. The van der Waals surface area contributed by atoms with Gasteiger partial charge in [0.2, 0.25) is 0 Å². The molecule has 3 aromatic rings. The summed E-state index contributed by atoms with van der Waals surface area (Å²) in [6, 6.07) is 19.2. The van der Waals surface area contributed by atoms with Gasteiger partial charge in [-0.3, -0.25) is 9.52 Å². The molecular formula is C24H26N2O4S. The van der Waals surface area contributed by atoms with Crippen LogP contribution in [0.15, 0.2) is 71.6 Å². The quantitative estimate of drug-likeness (QED) is 0.545. The summed E-state index contributed by atoms with van der Waals surface area (Å²) in [6.45, 7) is 6.36. The van der Waals surface area contributed by atoms with E-state index in [0.29, 0.717) is 24.4 Å². The first kappa shape index (κ1) is 22.4. The first-order chi connectivity index (χ1) is 14.8. The molecule has 2 N–H and O–H groups in total. The second kappa shape index (κ2) is 9.66. The van der Waals surface area contributed by atoms with Gasteiger partial charge in [-0.15, -0.1) is 0 Å². The van der Waals surface area contributed by atoms with E-state index in [2.05, 4.69) is 10.0 Å². The first-order valence-electron chi connectivity index (χ1n) is 9.98. The number of hydrogen-bond acceptors (Lipinski definition) is 4. The number of ether oxygens (including phenoxy) is 1. The van der Waals surface area contributed by atoms with Crippen LogP contribution >= 0.6 is 0 Å². The highest BCUT2D eigenvalue weighted by atomic mass is 32.2. The molecule has 7 heteroatoms. The monoisotopic (exact) mass is 438 g/mol. The molecule has 0 fully saturated rings. The lowest BCUT2D eigenvalue weighted by Gasteiger charge is -2.13. The van der Waals surface area contributed by atoms with Crippen molar-refractivity contribution in [2.75, 3.05) is 11.3 Å². The fraction of sp³-hybridized carbons (Fsp3) is 0.208. The minimum atomic E-state index is -3.84. The number of hydrogen-bond donors (Lipinski definition) is 2. The molecule has 0 unspecified atom stereocenters. The van der Waals surface area contributed by atoms with Gasteiger partial charge in [0.1, 0.15) is 5.75 Å². The van der Waals surface area contributed by atoms with E-state index in [1.165, 1.54) is 6.07 Å². The number of sulfonamides is 1. The molecule has 0 saturated carbocycles. The maximum Gasteiger partial charge on any atom is 0.262 e. The molecule has 6 nitrogen and oxygen atoms in total. The molecular weight excluding hydrogens is 412 g/mol. The molecule has 3 rings (SSSR count). The van der Waals surface area contributed by atoms with Gasteiger partial charge < -0.3 is 10.1 Å². The second-order valence-corrected chi connectivity index (χ2v) is 8.87. The summed E-state index contributed by atoms with van der Waals surface area (Å²) < 4.78 is 33.9. The minimum absolute atomic E-state index is 0.0694. The molecule has 0 aliphatic carbocycles. The third-order valence-corrected chi connectivity index (χ3v) is 6.20. The Morgan fingerprint density at radius 2 is 1.74 bits per heavy atom. The summed E-state index contributed by atoms with van der Waals surface area (Å²) in [5.74, 6) is 0.383. The van der Waals surface area contributed by atoms with E-state index in [4.69, 9.17) is 4.74 Å². The molecule has 31 heavy (non-hydrogen) atoms. The van der Waals surface area contributed by atoms with Crippen LogP contribution in [0.3, 0.4) is 0 Å². The molecule has 0 heterocycles. The predicted molar refractivity (Wildman–Crippen MR) is 122 cm³/mol. The Morgan fingerprint density at radius 3 is 2.48 bits per heavy atom. The maximum atomic E-state index is 12.9. The van der Waals surface area contributed by atoms with Crippen molar-refractivity contribution < 1.29 is 17.9 Å². The van der Waals surface area contributed by atoms with Gasteiger partial charge in [0, 0.05) is 17.8 Å². The lowest BCUT2D eigenvalue weighted by atomic mass is 10.1. The first-order valence-corrected chi connectivity index (χ1v) is 11.5. The average molecular weight is 439 g/mol. The van der Waals surface area contributed by atoms with E-state index >= 15 is 0 Å². The highest BCUT2D eigenvalue weighted by Crippen LogP contribution is 2.22. The van der Waals surface area contributed by atoms with Gasteiger partial charge >= 0.3 is 0 Å². The third kappa shape index (κ3) is 5.86. The smallest absolute Gasteiger partial charge is 0.262 e. The van der Waals surface area contributed by atoms with Crippen LogP contribution < -0.4 is 14.8 Å². The van der Waals surface area contributed by atoms with E-state index in [0.717, 1.165) is 16.9 Å². The number of carbonyl (C=O) groups excluding carboxylic acids is 1. The molecule has 1 amide bonds. The van der Waals surface area contributed by atoms with Gasteiger partial charge in [-0.05, 0) is 73.9 Å². The highest BCUT2D eigenvalue weighted by Gasteiger charge is 2.19. The largest absolute Gasteiger partial charge is 0.494 e. The summed E-state index contributed by atoms with van der Waals surface area (Å²) in [7, 11) is -3.84. The van der Waals surface area contributed by atoms with E-state index in [-0.39, 0.29) is 16.4 Å². The van der Waals surface area contributed by atoms with Crippen LogP contribution in [0, 0.1) is 13.8 Å². The number of rotatable bonds is 8. The van der Waals surface area contributed by atoms with E-state index < -0.39 is 10.0 Å². The SMILES string of the molecule is CCOc1cccc(CNC(=O)c2ccc(C)c(S(=O)(=O)Nc3cccc(C)c3)c2)c1. The van der Waals surface area contributed by atoms with Crippen molar-refractivity contribution in [1.29, 1.82) is 0 Å². The predicted octanol–water partition coefficient (Wildman–Crippen LogP) is 4.43. The van der Waals surface area contributed by atoms with Crippen molar-refractivity contribution in [3.05, 3.63) is 89.0 Å². The average Bonchev–Trinajstić information content (AvgIpc) is 2.72. The zero-order valence-corrected chi connectivity index (χ0v) is 18.6. The summed E-state index contributed by atoms with van der Waals surface area (Å²) in [5, 5.41) is 2.83. The zero-order valence-electron chi connectivity index (χ0n) is 17.8. The third-order valence-electron chi connectivity index (χ3n) is 4.67. The van der Waals surface area contributed by atoms with Crippen molar-refractivity contribution in [3.63, 3.8) is 0 Å². The Labute approximate surface area is 183 Å². The van der Waals surface area contributed by atoms with Gasteiger partial charge in [-0.1, -0.05) is 30.3 Å². The van der Waals surface area contributed by atoms with Crippen LogP contribution in [0.2, 0.25) is 0 Å². The number of nitrogens with one attached hydrogen (secondary N) is 2. The van der Waals surface area contributed by atoms with Crippen LogP contribution in [0.5, 0.6) is 5.75 Å². The van der Waals surface area contributed by atoms with Crippen LogP contribution in [-0.2, 0) is 16.6 Å². The van der Waals surface area contributed by atoms with Gasteiger partial charge in [0.25, 0.3) is 15.9 Å². The number of aryl methyl sites for hydroxylation is 2.